The molecule has 2 atom stereocenters. The maximum atomic E-state index is 12.4. The second-order valence-corrected chi connectivity index (χ2v) is 4.98. The molecule has 0 aliphatic carbocycles. The van der Waals surface area contributed by atoms with Crippen LogP contribution in [0.3, 0.4) is 0 Å². The molecule has 0 amide bonds. The van der Waals surface area contributed by atoms with Crippen molar-refractivity contribution in [3.8, 4) is 0 Å². The van der Waals surface area contributed by atoms with E-state index in [1.54, 1.807) is 6.20 Å². The third kappa shape index (κ3) is 3.42. The molecule has 106 valence electrons. The Balaban J connectivity index is 1.95. The largest absolute Gasteiger partial charge is 0.379 e. The number of nitrogens with one attached hydrogen (secondary N) is 1. The zero-order chi connectivity index (χ0) is 13.7. The summed E-state index contributed by atoms with van der Waals surface area (Å²) >= 11 is 0. The lowest BCUT2D eigenvalue weighted by Gasteiger charge is -2.17. The van der Waals surface area contributed by atoms with Gasteiger partial charge in [0.2, 0.25) is 0 Å². The number of imidazole rings is 1. The second kappa shape index (κ2) is 6.82. The molecule has 1 fully saturated rings. The van der Waals surface area contributed by atoms with Crippen molar-refractivity contribution in [2.24, 2.45) is 5.92 Å². The first-order valence-corrected chi connectivity index (χ1v) is 7.10. The number of hydrogen-bond donors (Lipinski definition) is 1. The highest BCUT2D eigenvalue weighted by Gasteiger charge is 2.33. The van der Waals surface area contributed by atoms with Crippen molar-refractivity contribution in [2.75, 3.05) is 19.8 Å². The van der Waals surface area contributed by atoms with E-state index in [2.05, 4.69) is 24.1 Å². The molecule has 0 aromatic carbocycles. The smallest absolute Gasteiger partial charge is 0.147 e. The van der Waals surface area contributed by atoms with Crippen LogP contribution in [0.15, 0.2) is 12.4 Å². The number of Topliss-reactive ketones (excluding diaryl/α,β-unsaturated/α-hetero) is 1. The van der Waals surface area contributed by atoms with Gasteiger partial charge >= 0.3 is 0 Å². The predicted molar refractivity (Wildman–Crippen MR) is 73.0 cm³/mol. The molecule has 2 heterocycles. The minimum Gasteiger partial charge on any atom is -0.379 e. The van der Waals surface area contributed by atoms with E-state index in [0.29, 0.717) is 19.6 Å². The van der Waals surface area contributed by atoms with Crippen molar-refractivity contribution in [1.82, 2.24) is 14.9 Å². The molecule has 1 aliphatic rings. The number of aryl methyl sites for hydroxylation is 1. The van der Waals surface area contributed by atoms with Crippen molar-refractivity contribution < 1.29 is 9.53 Å². The number of ketones is 1. The lowest BCUT2D eigenvalue weighted by molar-refractivity contribution is -0.122. The summed E-state index contributed by atoms with van der Waals surface area (Å²) in [5, 5.41) is 3.40. The molecule has 1 saturated heterocycles. The third-order valence-electron chi connectivity index (χ3n) is 3.63. The van der Waals surface area contributed by atoms with Gasteiger partial charge < -0.3 is 14.6 Å². The molecule has 1 N–H and O–H groups in total. The molecule has 5 heteroatoms. The Hall–Kier alpha value is -1.20. The number of hydrogen-bond acceptors (Lipinski definition) is 4. The van der Waals surface area contributed by atoms with Gasteiger partial charge in [0.15, 0.2) is 0 Å². The Bertz CT molecular complexity index is 417. The first-order valence-electron chi connectivity index (χ1n) is 7.10. The fourth-order valence-electron chi connectivity index (χ4n) is 2.48. The molecular weight excluding hydrogens is 242 g/mol. The molecule has 2 rings (SSSR count). The highest BCUT2D eigenvalue weighted by atomic mass is 16.5. The maximum absolute atomic E-state index is 12.4. The first kappa shape index (κ1) is 14.2. The zero-order valence-corrected chi connectivity index (χ0v) is 11.8. The lowest BCUT2D eigenvalue weighted by Crippen LogP contribution is -2.40. The van der Waals surface area contributed by atoms with E-state index in [-0.39, 0.29) is 17.7 Å². The van der Waals surface area contributed by atoms with Crippen molar-refractivity contribution >= 4 is 5.78 Å². The quantitative estimate of drug-likeness (QED) is 0.800. The van der Waals surface area contributed by atoms with Crippen LogP contribution in [0.5, 0.6) is 0 Å². The van der Waals surface area contributed by atoms with Crippen LogP contribution in [0.25, 0.3) is 0 Å². The number of carbonyl (C=O) groups is 1. The fourth-order valence-corrected chi connectivity index (χ4v) is 2.48. The van der Waals surface area contributed by atoms with Gasteiger partial charge in [-0.2, -0.15) is 0 Å². The highest BCUT2D eigenvalue weighted by Crippen LogP contribution is 2.17. The molecule has 0 saturated carbocycles. The van der Waals surface area contributed by atoms with E-state index in [0.717, 1.165) is 25.3 Å². The van der Waals surface area contributed by atoms with Crippen LogP contribution in [0.2, 0.25) is 0 Å². The van der Waals surface area contributed by atoms with Gasteiger partial charge in [-0.05, 0) is 19.9 Å². The van der Waals surface area contributed by atoms with Crippen molar-refractivity contribution in [3.05, 3.63) is 18.2 Å². The van der Waals surface area contributed by atoms with E-state index in [1.807, 2.05) is 10.8 Å². The Morgan fingerprint density at radius 1 is 1.53 bits per heavy atom. The molecular formula is C14H23N3O2. The van der Waals surface area contributed by atoms with Gasteiger partial charge in [-0.1, -0.05) is 6.92 Å². The summed E-state index contributed by atoms with van der Waals surface area (Å²) in [5.74, 6) is 1.05. The average molecular weight is 265 g/mol. The lowest BCUT2D eigenvalue weighted by atomic mass is 9.96. The van der Waals surface area contributed by atoms with E-state index < -0.39 is 0 Å². The summed E-state index contributed by atoms with van der Waals surface area (Å²) in [5.41, 5.74) is 0. The summed E-state index contributed by atoms with van der Waals surface area (Å²) < 4.78 is 7.47. The van der Waals surface area contributed by atoms with Crippen LogP contribution in [-0.2, 0) is 22.5 Å². The molecule has 5 nitrogen and oxygen atoms in total. The second-order valence-electron chi connectivity index (χ2n) is 4.98. The van der Waals surface area contributed by atoms with E-state index in [1.165, 1.54) is 0 Å². The molecule has 2 unspecified atom stereocenters. The maximum Gasteiger partial charge on any atom is 0.147 e. The Morgan fingerprint density at radius 3 is 3.11 bits per heavy atom. The molecule has 1 aromatic rings. The van der Waals surface area contributed by atoms with Crippen LogP contribution < -0.4 is 5.32 Å². The minimum atomic E-state index is -0.0337. The molecule has 0 radical (unpaired) electrons. The monoisotopic (exact) mass is 265 g/mol. The number of rotatable bonds is 7. The topological polar surface area (TPSA) is 56.1 Å². The van der Waals surface area contributed by atoms with Crippen LogP contribution in [0.1, 0.15) is 26.1 Å². The van der Waals surface area contributed by atoms with Gasteiger partial charge in [0.05, 0.1) is 25.6 Å². The number of nitrogens with zero attached hydrogens (tertiary/aromatic N) is 2. The zero-order valence-electron chi connectivity index (χ0n) is 11.8. The Morgan fingerprint density at radius 2 is 2.37 bits per heavy atom. The number of ether oxygens (including phenoxy) is 1. The highest BCUT2D eigenvalue weighted by molar-refractivity contribution is 5.83. The van der Waals surface area contributed by atoms with E-state index >= 15 is 0 Å². The molecule has 19 heavy (non-hydrogen) atoms. The minimum absolute atomic E-state index is 0.0337. The first-order chi connectivity index (χ1) is 9.26. The van der Waals surface area contributed by atoms with Crippen LogP contribution in [0.4, 0.5) is 0 Å². The van der Waals surface area contributed by atoms with E-state index in [4.69, 9.17) is 4.74 Å². The molecule has 0 spiro atoms. The summed E-state index contributed by atoms with van der Waals surface area (Å²) in [6.45, 7) is 7.13. The standard InChI is InChI=1S/C14H23N3O2/c1-3-5-15-12-10-19-9-11(12)13(18)8-14-16-6-7-17(14)4-2/h6-7,11-12,15H,3-5,8-10H2,1-2H3. The number of carbonyl (C=O) groups excluding carboxylic acids is 1. The van der Waals surface area contributed by atoms with Gasteiger partial charge in [0, 0.05) is 25.0 Å². The van der Waals surface area contributed by atoms with Crippen molar-refractivity contribution in [1.29, 1.82) is 0 Å². The normalized spacial score (nSPS) is 22.8. The predicted octanol–water partition coefficient (Wildman–Crippen LogP) is 1.03. The van der Waals surface area contributed by atoms with Gasteiger partial charge in [0.25, 0.3) is 0 Å². The molecule has 1 aromatic heterocycles. The Labute approximate surface area is 114 Å². The van der Waals surface area contributed by atoms with Crippen LogP contribution in [0, 0.1) is 5.92 Å². The summed E-state index contributed by atoms with van der Waals surface area (Å²) in [6.07, 6.45) is 5.14. The average Bonchev–Trinajstić information content (AvgIpc) is 3.04. The third-order valence-corrected chi connectivity index (χ3v) is 3.63. The summed E-state index contributed by atoms with van der Waals surface area (Å²) in [6, 6.07) is 0.164. The van der Waals surface area contributed by atoms with Crippen LogP contribution in [-0.4, -0.2) is 41.1 Å². The Kier molecular flexibility index (Phi) is 5.10. The van der Waals surface area contributed by atoms with Gasteiger partial charge in [-0.15, -0.1) is 0 Å². The van der Waals surface area contributed by atoms with Gasteiger partial charge in [0.1, 0.15) is 11.6 Å². The van der Waals surface area contributed by atoms with Gasteiger partial charge in [-0.3, -0.25) is 4.79 Å². The van der Waals surface area contributed by atoms with Crippen molar-refractivity contribution in [2.45, 2.75) is 39.3 Å². The number of aromatic nitrogens is 2. The van der Waals surface area contributed by atoms with Gasteiger partial charge in [-0.25, -0.2) is 4.98 Å². The molecule has 1 aliphatic heterocycles. The van der Waals surface area contributed by atoms with Crippen LogP contribution >= 0.6 is 0 Å². The van der Waals surface area contributed by atoms with Crippen molar-refractivity contribution in [3.63, 3.8) is 0 Å². The fraction of sp³-hybridized carbons (Fsp3) is 0.714. The van der Waals surface area contributed by atoms with E-state index in [9.17, 15) is 4.79 Å². The molecule has 0 bridgehead atoms. The SMILES string of the molecule is CCCNC1COCC1C(=O)Cc1nccn1CC. The summed E-state index contributed by atoms with van der Waals surface area (Å²) in [4.78, 5) is 16.6. The summed E-state index contributed by atoms with van der Waals surface area (Å²) in [7, 11) is 0.